The molecule has 2 saturated heterocycles. The Hall–Kier alpha value is -0.710. The fraction of sp³-hybridized carbons (Fsp3) is 0.867. The average molecular weight is 297 g/mol. The number of rotatable bonds is 4. The van der Waals surface area contributed by atoms with Crippen molar-refractivity contribution >= 4 is 22.8 Å². The van der Waals surface area contributed by atoms with Crippen molar-refractivity contribution in [3.63, 3.8) is 0 Å². The van der Waals surface area contributed by atoms with Gasteiger partial charge in [0, 0.05) is 24.4 Å². The van der Waals surface area contributed by atoms with Gasteiger partial charge in [-0.05, 0) is 39.0 Å². The van der Waals surface area contributed by atoms with Gasteiger partial charge in [0.25, 0.3) is 0 Å². The molecule has 1 N–H and O–H groups in total. The molecule has 4 nitrogen and oxygen atoms in total. The number of thioether (sulfide) groups is 1. The third kappa shape index (κ3) is 3.48. The van der Waals surface area contributed by atoms with Gasteiger partial charge in [-0.25, -0.2) is 4.99 Å². The van der Waals surface area contributed by atoms with Crippen molar-refractivity contribution in [3.8, 4) is 0 Å². The van der Waals surface area contributed by atoms with Crippen LogP contribution in [-0.2, 0) is 4.79 Å². The molecular weight excluding hydrogens is 270 g/mol. The fourth-order valence-electron chi connectivity index (χ4n) is 2.82. The molecule has 2 aliphatic rings. The molecule has 0 radical (unpaired) electrons. The number of amides is 1. The molecular formula is C15H27N3OS. The number of piperidine rings is 1. The lowest BCUT2D eigenvalue weighted by molar-refractivity contribution is -0.132. The van der Waals surface area contributed by atoms with Gasteiger partial charge in [-0.2, -0.15) is 0 Å². The third-order valence-corrected chi connectivity index (χ3v) is 5.72. The van der Waals surface area contributed by atoms with Crippen molar-refractivity contribution < 1.29 is 4.79 Å². The molecule has 0 bridgehead atoms. The van der Waals surface area contributed by atoms with E-state index in [0.717, 1.165) is 49.7 Å². The second kappa shape index (κ2) is 6.83. The summed E-state index contributed by atoms with van der Waals surface area (Å²) in [7, 11) is 0. The highest BCUT2D eigenvalue weighted by Crippen LogP contribution is 2.29. The zero-order valence-electron chi connectivity index (χ0n) is 12.9. The van der Waals surface area contributed by atoms with Crippen molar-refractivity contribution in [1.29, 1.82) is 0 Å². The summed E-state index contributed by atoms with van der Waals surface area (Å²) < 4.78 is 0. The molecule has 114 valence electrons. The predicted molar refractivity (Wildman–Crippen MR) is 86.2 cm³/mol. The first-order valence-electron chi connectivity index (χ1n) is 7.88. The van der Waals surface area contributed by atoms with E-state index in [-0.39, 0.29) is 17.5 Å². The lowest BCUT2D eigenvalue weighted by atomic mass is 9.96. The zero-order valence-corrected chi connectivity index (χ0v) is 13.8. The smallest absolute Gasteiger partial charge is 0.247 e. The predicted octanol–water partition coefficient (Wildman–Crippen LogP) is 2.64. The summed E-state index contributed by atoms with van der Waals surface area (Å²) in [5, 5.41) is 4.49. The average Bonchev–Trinajstić information content (AvgIpc) is 2.91. The normalized spacial score (nSPS) is 25.6. The van der Waals surface area contributed by atoms with Crippen molar-refractivity contribution in [3.05, 3.63) is 0 Å². The van der Waals surface area contributed by atoms with Crippen LogP contribution in [0, 0.1) is 0 Å². The molecule has 0 aliphatic carbocycles. The standard InChI is InChI=1S/C15H27N3OS/c1-4-15(5-2)11-20-14(17-15)16-12(3)13(19)18-9-7-6-8-10-18/h12H,4-11H2,1-3H3,(H,16,17). The van der Waals surface area contributed by atoms with Crippen molar-refractivity contribution in [2.24, 2.45) is 4.99 Å². The SMILES string of the molecule is CCC1(CC)CSC(=NC(C)C(=O)N2CCCCC2)N1. The molecule has 0 aromatic carbocycles. The maximum atomic E-state index is 12.4. The minimum atomic E-state index is -0.257. The number of carbonyl (C=O) groups excluding carboxylic acids is 1. The Balaban J connectivity index is 1.95. The minimum Gasteiger partial charge on any atom is -0.359 e. The lowest BCUT2D eigenvalue weighted by Crippen LogP contribution is -2.44. The third-order valence-electron chi connectivity index (χ3n) is 4.55. The second-order valence-electron chi connectivity index (χ2n) is 5.90. The van der Waals surface area contributed by atoms with Crippen LogP contribution in [0.25, 0.3) is 0 Å². The highest BCUT2D eigenvalue weighted by Gasteiger charge is 2.34. The van der Waals surface area contributed by atoms with Crippen LogP contribution < -0.4 is 5.32 Å². The Kier molecular flexibility index (Phi) is 5.35. The lowest BCUT2D eigenvalue weighted by Gasteiger charge is -2.28. The number of hydrogen-bond acceptors (Lipinski definition) is 3. The van der Waals surface area contributed by atoms with Crippen LogP contribution in [0.3, 0.4) is 0 Å². The van der Waals surface area contributed by atoms with Crippen LogP contribution >= 0.6 is 11.8 Å². The highest BCUT2D eigenvalue weighted by atomic mass is 32.2. The summed E-state index contributed by atoms with van der Waals surface area (Å²) in [6.45, 7) is 8.15. The van der Waals surface area contributed by atoms with E-state index in [1.54, 1.807) is 11.8 Å². The van der Waals surface area contributed by atoms with E-state index in [4.69, 9.17) is 0 Å². The Morgan fingerprint density at radius 2 is 2.00 bits per heavy atom. The van der Waals surface area contributed by atoms with Gasteiger partial charge < -0.3 is 10.2 Å². The van der Waals surface area contributed by atoms with E-state index in [1.165, 1.54) is 6.42 Å². The first-order chi connectivity index (χ1) is 9.60. The Bertz CT molecular complexity index is 373. The zero-order chi connectivity index (χ0) is 14.6. The Morgan fingerprint density at radius 3 is 2.55 bits per heavy atom. The molecule has 2 fully saturated rings. The molecule has 2 heterocycles. The largest absolute Gasteiger partial charge is 0.359 e. The molecule has 2 rings (SSSR count). The number of amidine groups is 1. The maximum absolute atomic E-state index is 12.4. The summed E-state index contributed by atoms with van der Waals surface area (Å²) in [4.78, 5) is 19.0. The van der Waals surface area contributed by atoms with Gasteiger partial charge in [0.15, 0.2) is 5.17 Å². The molecule has 5 heteroatoms. The second-order valence-corrected chi connectivity index (χ2v) is 6.86. The first kappa shape index (κ1) is 15.7. The number of nitrogens with one attached hydrogen (secondary N) is 1. The first-order valence-corrected chi connectivity index (χ1v) is 8.86. The summed E-state index contributed by atoms with van der Waals surface area (Å²) in [5.74, 6) is 1.24. The van der Waals surface area contributed by atoms with Crippen LogP contribution in [0.5, 0.6) is 0 Å². The van der Waals surface area contributed by atoms with Gasteiger partial charge in [-0.15, -0.1) is 0 Å². The minimum absolute atomic E-state index is 0.178. The van der Waals surface area contributed by atoms with Crippen LogP contribution in [0.4, 0.5) is 0 Å². The fourth-order valence-corrected chi connectivity index (χ4v) is 4.23. The monoisotopic (exact) mass is 297 g/mol. The Morgan fingerprint density at radius 1 is 1.35 bits per heavy atom. The maximum Gasteiger partial charge on any atom is 0.247 e. The van der Waals surface area contributed by atoms with Crippen molar-refractivity contribution in [1.82, 2.24) is 10.2 Å². The number of nitrogens with zero attached hydrogens (tertiary/aromatic N) is 2. The van der Waals surface area contributed by atoms with E-state index >= 15 is 0 Å². The van der Waals surface area contributed by atoms with Crippen LogP contribution in [0.1, 0.15) is 52.9 Å². The van der Waals surface area contributed by atoms with E-state index in [0.29, 0.717) is 0 Å². The molecule has 0 aromatic rings. The van der Waals surface area contributed by atoms with E-state index in [1.807, 2.05) is 11.8 Å². The molecule has 1 unspecified atom stereocenters. The van der Waals surface area contributed by atoms with Gasteiger partial charge in [0.1, 0.15) is 6.04 Å². The molecule has 1 atom stereocenters. The van der Waals surface area contributed by atoms with Gasteiger partial charge in [0.2, 0.25) is 5.91 Å². The number of hydrogen-bond donors (Lipinski definition) is 1. The summed E-state index contributed by atoms with van der Waals surface area (Å²) in [6, 6.07) is -0.257. The van der Waals surface area contributed by atoms with Crippen LogP contribution in [0.15, 0.2) is 4.99 Å². The molecule has 20 heavy (non-hydrogen) atoms. The number of likely N-dealkylation sites (tertiary alicyclic amines) is 1. The van der Waals surface area contributed by atoms with Gasteiger partial charge in [0.05, 0.1) is 0 Å². The summed E-state index contributed by atoms with van der Waals surface area (Å²) in [5.41, 5.74) is 0.178. The van der Waals surface area contributed by atoms with E-state index in [2.05, 4.69) is 24.2 Å². The molecule has 1 amide bonds. The van der Waals surface area contributed by atoms with E-state index < -0.39 is 0 Å². The quantitative estimate of drug-likeness (QED) is 0.867. The molecule has 2 aliphatic heterocycles. The van der Waals surface area contributed by atoms with Gasteiger partial charge in [-0.3, -0.25) is 4.79 Å². The van der Waals surface area contributed by atoms with Crippen molar-refractivity contribution in [2.45, 2.75) is 64.5 Å². The van der Waals surface area contributed by atoms with Gasteiger partial charge >= 0.3 is 0 Å². The molecule has 0 spiro atoms. The Labute approximate surface area is 126 Å². The molecule has 0 saturated carbocycles. The summed E-state index contributed by atoms with van der Waals surface area (Å²) >= 11 is 1.76. The van der Waals surface area contributed by atoms with Gasteiger partial charge in [-0.1, -0.05) is 25.6 Å². The number of carbonyl (C=O) groups is 1. The van der Waals surface area contributed by atoms with Crippen LogP contribution in [0.2, 0.25) is 0 Å². The van der Waals surface area contributed by atoms with E-state index in [9.17, 15) is 4.79 Å². The van der Waals surface area contributed by atoms with Crippen molar-refractivity contribution in [2.75, 3.05) is 18.8 Å². The number of aliphatic imine (C=N–C) groups is 1. The highest BCUT2D eigenvalue weighted by molar-refractivity contribution is 8.14. The topological polar surface area (TPSA) is 44.7 Å². The summed E-state index contributed by atoms with van der Waals surface area (Å²) in [6.07, 6.45) is 5.72. The molecule has 0 aromatic heterocycles. The van der Waals surface area contributed by atoms with Crippen LogP contribution in [-0.4, -0.2) is 46.4 Å².